The molecule has 36 heavy (non-hydrogen) atoms. The molecule has 1 N–H and O–H groups in total. The predicted molar refractivity (Wildman–Crippen MR) is 141 cm³/mol. The van der Waals surface area contributed by atoms with Crippen molar-refractivity contribution in [1.29, 1.82) is 0 Å². The van der Waals surface area contributed by atoms with Crippen LogP contribution in [0.3, 0.4) is 0 Å². The fourth-order valence-electron chi connectivity index (χ4n) is 4.34. The second-order valence-electron chi connectivity index (χ2n) is 8.41. The number of aromatic nitrogens is 3. The fourth-order valence-corrected chi connectivity index (χ4v) is 5.62. The number of rotatable bonds is 7. The monoisotopic (exact) mass is 498 g/mol. The minimum atomic E-state index is -0.376. The van der Waals surface area contributed by atoms with E-state index in [-0.39, 0.29) is 11.9 Å². The molecule has 3 heterocycles. The van der Waals surface area contributed by atoms with Gasteiger partial charge in [0.25, 0.3) is 0 Å². The first-order chi connectivity index (χ1) is 17.6. The van der Waals surface area contributed by atoms with Gasteiger partial charge in [0.1, 0.15) is 10.7 Å². The van der Waals surface area contributed by atoms with E-state index in [4.69, 9.17) is 9.84 Å². The first kappa shape index (κ1) is 23.7. The summed E-state index contributed by atoms with van der Waals surface area (Å²) in [5.41, 5.74) is 4.78. The zero-order chi connectivity index (χ0) is 24.9. The molecule has 0 bridgehead atoms. The second-order valence-corrected chi connectivity index (χ2v) is 9.52. The van der Waals surface area contributed by atoms with E-state index in [0.29, 0.717) is 17.2 Å². The van der Waals surface area contributed by atoms with E-state index >= 15 is 0 Å². The van der Waals surface area contributed by atoms with Crippen molar-refractivity contribution in [3.8, 4) is 16.9 Å². The highest BCUT2D eigenvalue weighted by atomic mass is 32.1. The van der Waals surface area contributed by atoms with Crippen molar-refractivity contribution in [2.24, 2.45) is 0 Å². The predicted octanol–water partition coefficient (Wildman–Crippen LogP) is 5.70. The molecule has 182 valence electrons. The Morgan fingerprint density at radius 2 is 1.97 bits per heavy atom. The van der Waals surface area contributed by atoms with Crippen LogP contribution in [0.4, 0.5) is 5.00 Å². The number of hydrogen-bond acceptors (Lipinski definition) is 6. The molecule has 8 heteroatoms. The van der Waals surface area contributed by atoms with Crippen molar-refractivity contribution in [2.75, 3.05) is 11.9 Å². The lowest BCUT2D eigenvalue weighted by Gasteiger charge is -2.12. The molecule has 1 aromatic carbocycles. The third kappa shape index (κ3) is 4.99. The molecular weight excluding hydrogens is 472 g/mol. The number of amides is 1. The maximum atomic E-state index is 13.0. The van der Waals surface area contributed by atoms with Crippen LogP contribution in [0, 0.1) is 0 Å². The van der Waals surface area contributed by atoms with Gasteiger partial charge in [-0.3, -0.25) is 9.78 Å². The third-order valence-electron chi connectivity index (χ3n) is 6.00. The van der Waals surface area contributed by atoms with Crippen LogP contribution in [0.25, 0.3) is 23.0 Å². The molecule has 0 radical (unpaired) electrons. The summed E-state index contributed by atoms with van der Waals surface area (Å²) in [6.45, 7) is 2.08. The molecule has 5 rings (SSSR count). The summed E-state index contributed by atoms with van der Waals surface area (Å²) < 4.78 is 7.08. The SMILES string of the molecule is CCOC(=O)c1c(NC(=O)C=Cc2cn(-c3ccccc3)nc2-c2cccnc2)sc2c1CCCC2. The van der Waals surface area contributed by atoms with Crippen molar-refractivity contribution >= 4 is 34.3 Å². The van der Waals surface area contributed by atoms with Crippen LogP contribution in [0.1, 0.15) is 46.1 Å². The van der Waals surface area contributed by atoms with Gasteiger partial charge in [0.15, 0.2) is 0 Å². The van der Waals surface area contributed by atoms with Crippen LogP contribution in [0.2, 0.25) is 0 Å². The van der Waals surface area contributed by atoms with Crippen molar-refractivity contribution in [3.05, 3.63) is 88.7 Å². The Hall–Kier alpha value is -4.04. The minimum Gasteiger partial charge on any atom is -0.462 e. The molecule has 0 saturated heterocycles. The molecule has 1 aliphatic rings. The summed E-state index contributed by atoms with van der Waals surface area (Å²) >= 11 is 1.48. The van der Waals surface area contributed by atoms with Crippen molar-refractivity contribution in [3.63, 3.8) is 0 Å². The van der Waals surface area contributed by atoms with Crippen LogP contribution in [0.5, 0.6) is 0 Å². The molecule has 7 nitrogen and oxygen atoms in total. The number of carbonyl (C=O) groups is 2. The zero-order valence-corrected chi connectivity index (χ0v) is 20.8. The number of esters is 1. The van der Waals surface area contributed by atoms with Gasteiger partial charge in [0, 0.05) is 40.7 Å². The number of hydrogen-bond donors (Lipinski definition) is 1. The molecule has 0 spiro atoms. The van der Waals surface area contributed by atoms with E-state index in [0.717, 1.165) is 58.6 Å². The van der Waals surface area contributed by atoms with Crippen LogP contribution < -0.4 is 5.32 Å². The van der Waals surface area contributed by atoms with Crippen LogP contribution in [-0.4, -0.2) is 33.2 Å². The number of nitrogens with one attached hydrogen (secondary N) is 1. The van der Waals surface area contributed by atoms with E-state index in [9.17, 15) is 9.59 Å². The molecule has 0 unspecified atom stereocenters. The summed E-state index contributed by atoms with van der Waals surface area (Å²) in [6, 6.07) is 13.6. The Morgan fingerprint density at radius 3 is 2.75 bits per heavy atom. The summed E-state index contributed by atoms with van der Waals surface area (Å²) in [5, 5.41) is 8.23. The maximum Gasteiger partial charge on any atom is 0.341 e. The quantitative estimate of drug-likeness (QED) is 0.261. The zero-order valence-electron chi connectivity index (χ0n) is 19.9. The number of pyridine rings is 1. The second kappa shape index (κ2) is 10.7. The largest absolute Gasteiger partial charge is 0.462 e. The number of ether oxygens (including phenoxy) is 1. The molecule has 1 amide bonds. The van der Waals surface area contributed by atoms with Gasteiger partial charge in [-0.1, -0.05) is 18.2 Å². The summed E-state index contributed by atoms with van der Waals surface area (Å²) in [7, 11) is 0. The highest BCUT2D eigenvalue weighted by molar-refractivity contribution is 7.17. The van der Waals surface area contributed by atoms with E-state index in [1.165, 1.54) is 17.4 Å². The Balaban J connectivity index is 1.44. The highest BCUT2D eigenvalue weighted by Gasteiger charge is 2.27. The van der Waals surface area contributed by atoms with Crippen molar-refractivity contribution < 1.29 is 14.3 Å². The Morgan fingerprint density at radius 1 is 1.14 bits per heavy atom. The number of aryl methyl sites for hydroxylation is 1. The van der Waals surface area contributed by atoms with Gasteiger partial charge in [-0.05, 0) is 68.5 Å². The molecule has 0 saturated carbocycles. The highest BCUT2D eigenvalue weighted by Crippen LogP contribution is 2.38. The number of benzene rings is 1. The standard InChI is InChI=1S/C28H26N4O3S/c1-2-35-28(34)25-22-12-6-7-13-23(22)36-27(25)30-24(33)15-14-20-18-32(21-10-4-3-5-11-21)31-26(20)19-9-8-16-29-17-19/h3-5,8-11,14-18H,2,6-7,12-13H2,1H3,(H,30,33). The van der Waals surface area contributed by atoms with Crippen molar-refractivity contribution in [2.45, 2.75) is 32.6 Å². The van der Waals surface area contributed by atoms with Gasteiger partial charge in [-0.15, -0.1) is 11.3 Å². The topological polar surface area (TPSA) is 86.1 Å². The van der Waals surface area contributed by atoms with Gasteiger partial charge in [-0.2, -0.15) is 5.10 Å². The van der Waals surface area contributed by atoms with Gasteiger partial charge in [0.05, 0.1) is 17.9 Å². The molecule has 0 aliphatic heterocycles. The Bertz CT molecular complexity index is 1410. The Kier molecular flexibility index (Phi) is 7.04. The minimum absolute atomic E-state index is 0.291. The molecule has 0 fully saturated rings. The molecule has 3 aromatic heterocycles. The van der Waals surface area contributed by atoms with E-state index in [1.807, 2.05) is 48.7 Å². The van der Waals surface area contributed by atoms with Crippen LogP contribution in [0.15, 0.2) is 67.1 Å². The molecular formula is C28H26N4O3S. The molecule has 1 aliphatic carbocycles. The van der Waals surface area contributed by atoms with Crippen LogP contribution >= 0.6 is 11.3 Å². The van der Waals surface area contributed by atoms with E-state index in [2.05, 4.69) is 10.3 Å². The maximum absolute atomic E-state index is 13.0. The number of fused-ring (bicyclic) bond motifs is 1. The summed E-state index contributed by atoms with van der Waals surface area (Å²) in [5.74, 6) is -0.692. The Labute approximate surface area is 213 Å². The number of anilines is 1. The number of carbonyl (C=O) groups excluding carboxylic acids is 2. The van der Waals surface area contributed by atoms with Crippen LogP contribution in [-0.2, 0) is 22.4 Å². The number of nitrogens with zero attached hydrogens (tertiary/aromatic N) is 3. The van der Waals surface area contributed by atoms with E-state index in [1.54, 1.807) is 30.1 Å². The van der Waals surface area contributed by atoms with Gasteiger partial charge in [-0.25, -0.2) is 9.48 Å². The van der Waals surface area contributed by atoms with E-state index < -0.39 is 0 Å². The van der Waals surface area contributed by atoms with Gasteiger partial charge >= 0.3 is 5.97 Å². The molecule has 0 atom stereocenters. The normalized spacial score (nSPS) is 12.9. The average molecular weight is 499 g/mol. The number of para-hydroxylation sites is 1. The van der Waals surface area contributed by atoms with Gasteiger partial charge < -0.3 is 10.1 Å². The lowest BCUT2D eigenvalue weighted by molar-refractivity contribution is -0.111. The number of thiophene rings is 1. The first-order valence-corrected chi connectivity index (χ1v) is 12.8. The summed E-state index contributed by atoms with van der Waals surface area (Å²) in [4.78, 5) is 31.0. The van der Waals surface area contributed by atoms with Crippen molar-refractivity contribution in [1.82, 2.24) is 14.8 Å². The lowest BCUT2D eigenvalue weighted by atomic mass is 9.95. The lowest BCUT2D eigenvalue weighted by Crippen LogP contribution is -2.14. The first-order valence-electron chi connectivity index (χ1n) is 12.0. The summed E-state index contributed by atoms with van der Waals surface area (Å²) in [6.07, 6.45) is 12.4. The molecule has 4 aromatic rings. The smallest absolute Gasteiger partial charge is 0.341 e. The third-order valence-corrected chi connectivity index (χ3v) is 7.21. The fraction of sp³-hybridized carbons (Fsp3) is 0.214. The van der Waals surface area contributed by atoms with Gasteiger partial charge in [0.2, 0.25) is 5.91 Å². The average Bonchev–Trinajstić information content (AvgIpc) is 3.50.